The monoisotopic (exact) mass is 501 g/mol. The summed E-state index contributed by atoms with van der Waals surface area (Å²) >= 11 is 0. The molecular weight excluding hydrogens is 462 g/mol. The lowest BCUT2D eigenvalue weighted by molar-refractivity contribution is -0.139. The molecule has 10 heteroatoms. The maximum atomic E-state index is 13.3. The molecule has 1 aromatic carbocycles. The Balaban J connectivity index is 1.94. The standard InChI is InChI=1S/C26H39N5O5/c1-6-12-27-25(33)31-14-13-29(16-18(31)4)17-21-22(24(32)36-8-3)23(28-26(34)30(21)7-2)19-10-9-11-20(15-19)35-5/h9-11,15,18,23H,6-8,12-14,16-17H2,1-5H3,(H,27,33)(H,28,34)/t18-,23-/m1/s1. The van der Waals surface area contributed by atoms with Gasteiger partial charge in [0, 0.05) is 51.0 Å². The number of urea groups is 2. The van der Waals surface area contributed by atoms with Gasteiger partial charge in [-0.1, -0.05) is 19.1 Å². The summed E-state index contributed by atoms with van der Waals surface area (Å²) in [6, 6.07) is 6.34. The van der Waals surface area contributed by atoms with Gasteiger partial charge in [-0.05, 0) is 44.9 Å². The molecule has 36 heavy (non-hydrogen) atoms. The van der Waals surface area contributed by atoms with Gasteiger partial charge in [0.05, 0.1) is 25.3 Å². The number of methoxy groups -OCH3 is 1. The van der Waals surface area contributed by atoms with E-state index in [4.69, 9.17) is 9.47 Å². The Morgan fingerprint density at radius 1 is 1.19 bits per heavy atom. The lowest BCUT2D eigenvalue weighted by Gasteiger charge is -2.42. The van der Waals surface area contributed by atoms with Crippen LogP contribution in [-0.2, 0) is 9.53 Å². The van der Waals surface area contributed by atoms with Crippen molar-refractivity contribution in [2.24, 2.45) is 0 Å². The van der Waals surface area contributed by atoms with Crippen molar-refractivity contribution in [3.05, 3.63) is 41.1 Å². The average Bonchev–Trinajstić information content (AvgIpc) is 2.87. The quantitative estimate of drug-likeness (QED) is 0.505. The molecule has 0 radical (unpaired) electrons. The number of carbonyl (C=O) groups excluding carboxylic acids is 3. The Bertz CT molecular complexity index is 981. The third-order valence-electron chi connectivity index (χ3n) is 6.55. The maximum absolute atomic E-state index is 13.3. The van der Waals surface area contributed by atoms with Gasteiger partial charge in [-0.15, -0.1) is 0 Å². The third kappa shape index (κ3) is 6.10. The predicted octanol–water partition coefficient (Wildman–Crippen LogP) is 2.72. The second-order valence-corrected chi connectivity index (χ2v) is 8.99. The van der Waals surface area contributed by atoms with Crippen LogP contribution < -0.4 is 15.4 Å². The Morgan fingerprint density at radius 3 is 2.61 bits per heavy atom. The highest BCUT2D eigenvalue weighted by atomic mass is 16.5. The van der Waals surface area contributed by atoms with Crippen molar-refractivity contribution in [1.82, 2.24) is 25.3 Å². The van der Waals surface area contributed by atoms with Crippen molar-refractivity contribution in [1.29, 1.82) is 0 Å². The van der Waals surface area contributed by atoms with E-state index >= 15 is 0 Å². The summed E-state index contributed by atoms with van der Waals surface area (Å²) in [7, 11) is 1.58. The minimum absolute atomic E-state index is 0.0103. The first-order valence-corrected chi connectivity index (χ1v) is 12.7. The molecule has 2 atom stereocenters. The normalized spacial score (nSPS) is 20.8. The number of likely N-dealkylation sites (N-methyl/N-ethyl adjacent to an activating group) is 1. The number of nitrogens with zero attached hydrogens (tertiary/aromatic N) is 3. The van der Waals surface area contributed by atoms with Crippen molar-refractivity contribution < 1.29 is 23.9 Å². The number of benzene rings is 1. The highest BCUT2D eigenvalue weighted by Crippen LogP contribution is 2.33. The van der Waals surface area contributed by atoms with Crippen LogP contribution in [0.3, 0.4) is 0 Å². The van der Waals surface area contributed by atoms with Crippen LogP contribution in [0.5, 0.6) is 5.75 Å². The highest BCUT2D eigenvalue weighted by Gasteiger charge is 2.39. The number of ether oxygens (including phenoxy) is 2. The van der Waals surface area contributed by atoms with E-state index in [0.29, 0.717) is 56.3 Å². The van der Waals surface area contributed by atoms with Crippen LogP contribution in [0.4, 0.5) is 9.59 Å². The topological polar surface area (TPSA) is 103 Å². The van der Waals surface area contributed by atoms with Crippen molar-refractivity contribution in [3.8, 4) is 5.75 Å². The number of nitrogens with one attached hydrogen (secondary N) is 2. The molecular formula is C26H39N5O5. The molecule has 0 bridgehead atoms. The van der Waals surface area contributed by atoms with Crippen LogP contribution in [0, 0.1) is 0 Å². The van der Waals surface area contributed by atoms with Crippen LogP contribution in [-0.4, -0.2) is 91.8 Å². The fraction of sp³-hybridized carbons (Fsp3) is 0.577. The first kappa shape index (κ1) is 27.3. The third-order valence-corrected chi connectivity index (χ3v) is 6.55. The molecule has 0 unspecified atom stereocenters. The summed E-state index contributed by atoms with van der Waals surface area (Å²) in [6.45, 7) is 11.2. The van der Waals surface area contributed by atoms with Crippen molar-refractivity contribution >= 4 is 18.0 Å². The Hall–Kier alpha value is -3.27. The SMILES string of the molecule is CCCNC(=O)N1CCN(CC2=C(C(=O)OCC)[C@@H](c3cccc(OC)c3)NC(=O)N2CC)C[C@H]1C. The number of hydrogen-bond acceptors (Lipinski definition) is 6. The van der Waals surface area contributed by atoms with Crippen LogP contribution in [0.15, 0.2) is 35.5 Å². The number of amides is 4. The van der Waals surface area contributed by atoms with Crippen molar-refractivity contribution in [2.45, 2.75) is 46.2 Å². The van der Waals surface area contributed by atoms with E-state index in [2.05, 4.69) is 15.5 Å². The lowest BCUT2D eigenvalue weighted by Crippen LogP contribution is -2.58. The molecule has 1 aromatic rings. The van der Waals surface area contributed by atoms with Crippen LogP contribution >= 0.6 is 0 Å². The number of hydrogen-bond donors (Lipinski definition) is 2. The first-order valence-electron chi connectivity index (χ1n) is 12.7. The molecule has 10 nitrogen and oxygen atoms in total. The van der Waals surface area contributed by atoms with Gasteiger partial charge in [0.2, 0.25) is 0 Å². The van der Waals surface area contributed by atoms with Gasteiger partial charge in [-0.2, -0.15) is 0 Å². The average molecular weight is 502 g/mol. The molecule has 1 saturated heterocycles. The van der Waals surface area contributed by atoms with E-state index in [1.54, 1.807) is 18.9 Å². The van der Waals surface area contributed by atoms with Crippen molar-refractivity contribution in [3.63, 3.8) is 0 Å². The van der Waals surface area contributed by atoms with E-state index in [0.717, 1.165) is 12.0 Å². The molecule has 3 rings (SSSR count). The summed E-state index contributed by atoms with van der Waals surface area (Å²) < 4.78 is 10.8. The number of esters is 1. The molecule has 198 valence electrons. The minimum atomic E-state index is -0.664. The minimum Gasteiger partial charge on any atom is -0.497 e. The van der Waals surface area contributed by atoms with Gasteiger partial charge in [-0.3, -0.25) is 9.80 Å². The van der Waals surface area contributed by atoms with E-state index in [-0.39, 0.29) is 24.7 Å². The van der Waals surface area contributed by atoms with Gasteiger partial charge < -0.3 is 25.0 Å². The summed E-state index contributed by atoms with van der Waals surface area (Å²) in [5, 5.41) is 5.93. The summed E-state index contributed by atoms with van der Waals surface area (Å²) in [4.78, 5) is 44.6. The molecule has 0 spiro atoms. The fourth-order valence-corrected chi connectivity index (χ4v) is 4.75. The molecule has 0 aromatic heterocycles. The van der Waals surface area contributed by atoms with E-state index in [1.807, 2.05) is 49.9 Å². The van der Waals surface area contributed by atoms with Gasteiger partial charge in [0.1, 0.15) is 5.75 Å². The summed E-state index contributed by atoms with van der Waals surface area (Å²) in [5.74, 6) is 0.181. The lowest BCUT2D eigenvalue weighted by atomic mass is 9.93. The maximum Gasteiger partial charge on any atom is 0.338 e. The number of piperazine rings is 1. The van der Waals surface area contributed by atoms with Gasteiger partial charge >= 0.3 is 18.0 Å². The molecule has 2 aliphatic heterocycles. The number of rotatable bonds is 9. The summed E-state index contributed by atoms with van der Waals surface area (Å²) in [6.07, 6.45) is 0.883. The van der Waals surface area contributed by atoms with Crippen molar-refractivity contribution in [2.75, 3.05) is 53.0 Å². The second-order valence-electron chi connectivity index (χ2n) is 8.99. The van der Waals surface area contributed by atoms with E-state index in [9.17, 15) is 14.4 Å². The second kappa shape index (κ2) is 12.6. The predicted molar refractivity (Wildman–Crippen MR) is 137 cm³/mol. The molecule has 0 aliphatic carbocycles. The van der Waals surface area contributed by atoms with Gasteiger partial charge in [0.15, 0.2) is 0 Å². The zero-order chi connectivity index (χ0) is 26.2. The fourth-order valence-electron chi connectivity index (χ4n) is 4.75. The van der Waals surface area contributed by atoms with Gasteiger partial charge in [0.25, 0.3) is 0 Å². The Morgan fingerprint density at radius 2 is 1.97 bits per heavy atom. The molecule has 2 N–H and O–H groups in total. The zero-order valence-corrected chi connectivity index (χ0v) is 22.0. The van der Waals surface area contributed by atoms with Crippen LogP contribution in [0.2, 0.25) is 0 Å². The smallest absolute Gasteiger partial charge is 0.338 e. The molecule has 4 amide bonds. The summed E-state index contributed by atoms with van der Waals surface area (Å²) in [5.41, 5.74) is 1.79. The first-order chi connectivity index (χ1) is 17.3. The Labute approximate surface area is 213 Å². The molecule has 2 aliphatic rings. The Kier molecular flexibility index (Phi) is 9.58. The molecule has 0 saturated carbocycles. The van der Waals surface area contributed by atoms with E-state index in [1.165, 1.54) is 0 Å². The van der Waals surface area contributed by atoms with Crippen LogP contribution in [0.1, 0.15) is 45.7 Å². The zero-order valence-electron chi connectivity index (χ0n) is 22.0. The van der Waals surface area contributed by atoms with Gasteiger partial charge in [-0.25, -0.2) is 14.4 Å². The largest absolute Gasteiger partial charge is 0.497 e. The molecule has 1 fully saturated rings. The van der Waals surface area contributed by atoms with E-state index < -0.39 is 12.0 Å². The highest BCUT2D eigenvalue weighted by molar-refractivity contribution is 5.95. The number of carbonyl (C=O) groups is 3. The van der Waals surface area contributed by atoms with Crippen LogP contribution in [0.25, 0.3) is 0 Å². The molecule has 2 heterocycles.